The zero-order valence-corrected chi connectivity index (χ0v) is 29.5. The Labute approximate surface area is 275 Å². The van der Waals surface area contributed by atoms with Crippen LogP contribution in [0.3, 0.4) is 0 Å². The van der Waals surface area contributed by atoms with Crippen molar-refractivity contribution >= 4 is 22.9 Å². The van der Waals surface area contributed by atoms with Gasteiger partial charge in [0.2, 0.25) is 5.91 Å². The monoisotopic (exact) mass is 625 g/mol. The maximum absolute atomic E-state index is 14.2. The Morgan fingerprint density at radius 2 is 1.65 bits per heavy atom. The molecule has 3 fully saturated rings. The molecule has 0 radical (unpaired) electrons. The highest BCUT2D eigenvalue weighted by Crippen LogP contribution is 2.75. The molecule has 0 aliphatic heterocycles. The topological polar surface area (TPSA) is 81.2 Å². The summed E-state index contributed by atoms with van der Waals surface area (Å²) < 4.78 is 5.16. The van der Waals surface area contributed by atoms with E-state index in [2.05, 4.69) is 84.1 Å². The summed E-state index contributed by atoms with van der Waals surface area (Å²) in [5, 5.41) is 3.06. The number of esters is 1. The first-order valence-corrected chi connectivity index (χ1v) is 18.1. The predicted molar refractivity (Wildman–Crippen MR) is 182 cm³/mol. The number of rotatable bonds is 4. The van der Waals surface area contributed by atoms with Crippen LogP contribution in [-0.2, 0) is 26.2 Å². The third-order valence-corrected chi connectivity index (χ3v) is 15.1. The zero-order chi connectivity index (χ0) is 32.9. The fourth-order valence-corrected chi connectivity index (χ4v) is 12.4. The third-order valence-electron chi connectivity index (χ3n) is 15.1. The van der Waals surface area contributed by atoms with Crippen molar-refractivity contribution in [2.24, 2.45) is 51.2 Å². The molecule has 5 aliphatic rings. The first-order valence-electron chi connectivity index (χ1n) is 18.1. The summed E-state index contributed by atoms with van der Waals surface area (Å²) in [5.74, 6) is 1.92. The van der Waals surface area contributed by atoms with Crippen LogP contribution in [0.15, 0.2) is 35.9 Å². The fraction of sp³-hybridized carbons (Fsp3) is 0.700. The van der Waals surface area contributed by atoms with Crippen molar-refractivity contribution in [3.05, 3.63) is 47.3 Å². The number of allylic oxidation sites excluding steroid dienone is 2. The molecular weight excluding hydrogens is 570 g/mol. The third kappa shape index (κ3) is 4.19. The number of carbonyl (C=O) groups excluding carboxylic acids is 2. The van der Waals surface area contributed by atoms with Gasteiger partial charge in [0.25, 0.3) is 0 Å². The number of para-hydroxylation sites is 2. The van der Waals surface area contributed by atoms with E-state index in [4.69, 9.17) is 14.7 Å². The number of ether oxygens (including phenoxy) is 1. The molecule has 7 rings (SSSR count). The van der Waals surface area contributed by atoms with Gasteiger partial charge in [-0.1, -0.05) is 72.2 Å². The first kappa shape index (κ1) is 31.8. The molecule has 0 saturated heterocycles. The first-order chi connectivity index (χ1) is 21.7. The highest BCUT2D eigenvalue weighted by molar-refractivity contribution is 5.87. The number of aromatic nitrogens is 2. The largest absolute Gasteiger partial charge is 0.465 e. The van der Waals surface area contributed by atoms with Crippen LogP contribution >= 0.6 is 0 Å². The van der Waals surface area contributed by atoms with Crippen molar-refractivity contribution in [3.63, 3.8) is 0 Å². The minimum absolute atomic E-state index is 0.0181. The quantitative estimate of drug-likeness (QED) is 0.275. The van der Waals surface area contributed by atoms with Crippen LogP contribution in [0.5, 0.6) is 0 Å². The number of benzene rings is 1. The average molecular weight is 626 g/mol. The van der Waals surface area contributed by atoms with Crippen molar-refractivity contribution in [3.8, 4) is 0 Å². The molecule has 1 aromatic heterocycles. The maximum Gasteiger partial charge on any atom is 0.325 e. The minimum Gasteiger partial charge on any atom is -0.465 e. The van der Waals surface area contributed by atoms with Gasteiger partial charge in [0.05, 0.1) is 34.4 Å². The Hall–Kier alpha value is -2.76. The molecule has 0 bridgehead atoms. The Bertz CT molecular complexity index is 1610. The van der Waals surface area contributed by atoms with Crippen LogP contribution in [0.1, 0.15) is 112 Å². The Kier molecular flexibility index (Phi) is 7.35. The van der Waals surface area contributed by atoms with Crippen LogP contribution in [0.2, 0.25) is 0 Å². The number of hydrogen-bond acceptors (Lipinski definition) is 5. The highest BCUT2D eigenvalue weighted by Gasteiger charge is 2.69. The lowest BCUT2D eigenvalue weighted by atomic mass is 9.33. The van der Waals surface area contributed by atoms with E-state index in [9.17, 15) is 9.59 Å². The molecule has 1 aromatic carbocycles. The van der Waals surface area contributed by atoms with Gasteiger partial charge in [-0.3, -0.25) is 9.59 Å². The second kappa shape index (κ2) is 10.6. The van der Waals surface area contributed by atoms with E-state index in [1.54, 1.807) is 12.5 Å². The van der Waals surface area contributed by atoms with E-state index in [0.29, 0.717) is 30.3 Å². The highest BCUT2D eigenvalue weighted by atomic mass is 16.5. The van der Waals surface area contributed by atoms with Crippen LogP contribution in [-0.4, -0.2) is 35.0 Å². The van der Waals surface area contributed by atoms with Gasteiger partial charge in [0, 0.05) is 5.41 Å². The lowest BCUT2D eigenvalue weighted by molar-refractivity contribution is -0.170. The number of nitrogens with zero attached hydrogens (tertiary/aromatic N) is 2. The molecule has 2 aromatic rings. The molecule has 0 spiro atoms. The summed E-state index contributed by atoms with van der Waals surface area (Å²) in [6, 6.07) is 8.35. The van der Waals surface area contributed by atoms with Crippen molar-refractivity contribution < 1.29 is 14.3 Å². The fourth-order valence-electron chi connectivity index (χ4n) is 12.4. The summed E-state index contributed by atoms with van der Waals surface area (Å²) in [5.41, 5.74) is 5.67. The predicted octanol–water partition coefficient (Wildman–Crippen LogP) is 7.98. The summed E-state index contributed by atoms with van der Waals surface area (Å²) in [4.78, 5) is 37.0. The number of fused-ring (bicyclic) bond motifs is 9. The zero-order valence-electron chi connectivity index (χ0n) is 29.5. The second-order valence-electron chi connectivity index (χ2n) is 17.2. The Morgan fingerprint density at radius 3 is 2.37 bits per heavy atom. The summed E-state index contributed by atoms with van der Waals surface area (Å²) in [7, 11) is 0. The van der Waals surface area contributed by atoms with Crippen LogP contribution in [0.4, 0.5) is 0 Å². The standard InChI is InChI=1S/C40H55N3O3/c1-9-46-32(44)23-41-35(45)40-19-16-24(2)25(3)33(40)26-14-15-31-37(6)22-29-34(43-28-13-11-10-12-27(28)42-29)36(4,5)30(37)17-18-39(31,8)38(26,7)20-21-40/h10-14,24-25,30-31,33H,9,15-23H2,1-8H3,(H,41,45)/t24-,25+,30?,31?,33?,37+,38-,39-,40+/m1/s1. The van der Waals surface area contributed by atoms with E-state index < -0.39 is 5.41 Å². The molecule has 6 nitrogen and oxygen atoms in total. The van der Waals surface area contributed by atoms with Gasteiger partial charge in [-0.05, 0) is 116 Å². The van der Waals surface area contributed by atoms with Gasteiger partial charge >= 0.3 is 5.97 Å². The number of carbonyl (C=O) groups is 2. The molecule has 1 N–H and O–H groups in total. The summed E-state index contributed by atoms with van der Waals surface area (Å²) in [6.07, 6.45) is 10.9. The second-order valence-corrected chi connectivity index (χ2v) is 17.2. The van der Waals surface area contributed by atoms with Gasteiger partial charge in [0.15, 0.2) is 0 Å². The minimum atomic E-state index is -0.462. The summed E-state index contributed by atoms with van der Waals surface area (Å²) in [6.45, 7) is 19.5. The number of amides is 1. The Morgan fingerprint density at radius 1 is 0.935 bits per heavy atom. The molecular formula is C40H55N3O3. The van der Waals surface area contributed by atoms with Gasteiger partial charge in [-0.15, -0.1) is 0 Å². The van der Waals surface area contributed by atoms with Gasteiger partial charge in [0.1, 0.15) is 6.54 Å². The van der Waals surface area contributed by atoms with Crippen LogP contribution < -0.4 is 5.32 Å². The van der Waals surface area contributed by atoms with Gasteiger partial charge < -0.3 is 10.1 Å². The van der Waals surface area contributed by atoms with E-state index >= 15 is 0 Å². The van der Waals surface area contributed by atoms with E-state index in [1.807, 2.05) is 0 Å². The molecule has 5 aliphatic carbocycles. The molecule has 3 saturated carbocycles. The van der Waals surface area contributed by atoms with Crippen molar-refractivity contribution in [2.75, 3.05) is 13.2 Å². The molecule has 9 atom stereocenters. The summed E-state index contributed by atoms with van der Waals surface area (Å²) >= 11 is 0. The van der Waals surface area contributed by atoms with Crippen LogP contribution in [0.25, 0.3) is 11.0 Å². The van der Waals surface area contributed by atoms with E-state index in [1.165, 1.54) is 24.2 Å². The van der Waals surface area contributed by atoms with Gasteiger partial charge in [-0.25, -0.2) is 9.97 Å². The molecule has 248 valence electrons. The van der Waals surface area contributed by atoms with Crippen molar-refractivity contribution in [1.82, 2.24) is 15.3 Å². The molecule has 3 unspecified atom stereocenters. The van der Waals surface area contributed by atoms with E-state index in [-0.39, 0.29) is 46.0 Å². The normalized spacial score (nSPS) is 40.7. The SMILES string of the molecule is CCOC(=O)CNC(=O)[C@]12CC[C@@H](C)[C@H](C)C1C1=CCC3[C@@]4(C)Cc5nc6ccccc6nc5C(C)(C)C4CC[C@@]3(C)[C@]1(C)CC2. The molecule has 1 amide bonds. The number of hydrogen-bond donors (Lipinski definition) is 1. The van der Waals surface area contributed by atoms with Crippen molar-refractivity contribution in [2.45, 2.75) is 112 Å². The van der Waals surface area contributed by atoms with Gasteiger partial charge in [-0.2, -0.15) is 0 Å². The van der Waals surface area contributed by atoms with Crippen molar-refractivity contribution in [1.29, 1.82) is 0 Å². The number of nitrogens with one attached hydrogen (secondary N) is 1. The molecule has 46 heavy (non-hydrogen) atoms. The Balaban J connectivity index is 1.29. The maximum atomic E-state index is 14.2. The molecule has 6 heteroatoms. The smallest absolute Gasteiger partial charge is 0.325 e. The van der Waals surface area contributed by atoms with E-state index in [0.717, 1.165) is 49.6 Å². The lowest BCUT2D eigenvalue weighted by Gasteiger charge is -2.71. The van der Waals surface area contributed by atoms with Crippen LogP contribution in [0, 0.1) is 51.2 Å². The average Bonchev–Trinajstić information content (AvgIpc) is 3.01. The molecule has 1 heterocycles. The lowest BCUT2D eigenvalue weighted by Crippen LogP contribution is -2.66.